The average molecular weight is 465 g/mol. The summed E-state index contributed by atoms with van der Waals surface area (Å²) in [7, 11) is 0. The van der Waals surface area contributed by atoms with Crippen molar-refractivity contribution < 1.29 is 14.3 Å². The molecule has 0 bridgehead atoms. The molecular formula is C27H36N4O3. The highest BCUT2D eigenvalue weighted by Crippen LogP contribution is 2.26. The minimum Gasteiger partial charge on any atom is -0.491 e. The van der Waals surface area contributed by atoms with Gasteiger partial charge in [0.1, 0.15) is 12.4 Å². The van der Waals surface area contributed by atoms with E-state index >= 15 is 0 Å². The quantitative estimate of drug-likeness (QED) is 0.737. The fourth-order valence-corrected chi connectivity index (χ4v) is 5.04. The standard InChI is InChI=1S/C27H36N4O3/c1-20-17-28-12-10-23(20)18-30-13-6-5-7-22-11-14-31(21(2)32)19-25(22)29-27(33)24-8-3-4-9-26(24)34-16-15-30/h3-4,8-10,12,17,22,25H,5-7,11,13-16,18-19H2,1-2H3,(H,29,33)/t22-,25+/m1/s1. The fourth-order valence-electron chi connectivity index (χ4n) is 5.04. The number of piperidine rings is 1. The van der Waals surface area contributed by atoms with Crippen LogP contribution in [0.2, 0.25) is 0 Å². The lowest BCUT2D eigenvalue weighted by Gasteiger charge is -2.39. The molecule has 1 aromatic carbocycles. The van der Waals surface area contributed by atoms with Gasteiger partial charge in [0.05, 0.1) is 5.56 Å². The number of amides is 2. The summed E-state index contributed by atoms with van der Waals surface area (Å²) in [5, 5.41) is 3.23. The topological polar surface area (TPSA) is 74.8 Å². The van der Waals surface area contributed by atoms with E-state index in [-0.39, 0.29) is 17.9 Å². The Bertz CT molecular complexity index is 995. The average Bonchev–Trinajstić information content (AvgIpc) is 2.83. The van der Waals surface area contributed by atoms with Crippen LogP contribution in [0.3, 0.4) is 0 Å². The smallest absolute Gasteiger partial charge is 0.255 e. The first-order valence-electron chi connectivity index (χ1n) is 12.4. The lowest BCUT2D eigenvalue weighted by atomic mass is 9.86. The third kappa shape index (κ3) is 6.14. The molecule has 7 heteroatoms. The van der Waals surface area contributed by atoms with Crippen LogP contribution in [-0.2, 0) is 11.3 Å². The maximum Gasteiger partial charge on any atom is 0.255 e. The van der Waals surface area contributed by atoms with E-state index in [1.54, 1.807) is 6.92 Å². The maximum atomic E-state index is 13.2. The van der Waals surface area contributed by atoms with Crippen molar-refractivity contribution in [3.05, 3.63) is 59.4 Å². The second-order valence-electron chi connectivity index (χ2n) is 9.51. The molecule has 3 heterocycles. The molecule has 2 aromatic rings. The van der Waals surface area contributed by atoms with Crippen LogP contribution >= 0.6 is 0 Å². The Morgan fingerprint density at radius 1 is 1.15 bits per heavy atom. The van der Waals surface area contributed by atoms with Crippen LogP contribution in [0.15, 0.2) is 42.7 Å². The molecule has 2 aliphatic heterocycles. The summed E-state index contributed by atoms with van der Waals surface area (Å²) < 4.78 is 6.12. The van der Waals surface area contributed by atoms with Crippen LogP contribution in [-0.4, -0.2) is 65.4 Å². The molecule has 2 atom stereocenters. The number of pyridine rings is 1. The number of fused-ring (bicyclic) bond motifs is 2. The highest BCUT2D eigenvalue weighted by atomic mass is 16.5. The van der Waals surface area contributed by atoms with E-state index in [4.69, 9.17) is 4.74 Å². The molecule has 0 radical (unpaired) electrons. The minimum atomic E-state index is -0.127. The minimum absolute atomic E-state index is 0.0447. The maximum absolute atomic E-state index is 13.2. The summed E-state index contributed by atoms with van der Waals surface area (Å²) in [5.74, 6) is 0.912. The molecule has 1 saturated heterocycles. The first-order chi connectivity index (χ1) is 16.5. The first kappa shape index (κ1) is 24.2. The number of likely N-dealkylation sites (tertiary alicyclic amines) is 1. The zero-order chi connectivity index (χ0) is 23.9. The normalized spacial score (nSPS) is 22.5. The molecule has 1 N–H and O–H groups in total. The highest BCUT2D eigenvalue weighted by Gasteiger charge is 2.32. The number of hydrogen-bond donors (Lipinski definition) is 1. The number of aromatic nitrogens is 1. The van der Waals surface area contributed by atoms with Crippen LogP contribution in [0.1, 0.15) is 54.1 Å². The van der Waals surface area contributed by atoms with Crippen molar-refractivity contribution in [1.29, 1.82) is 0 Å². The first-order valence-corrected chi connectivity index (χ1v) is 12.4. The number of rotatable bonds is 2. The van der Waals surface area contributed by atoms with Gasteiger partial charge in [0, 0.05) is 51.5 Å². The molecule has 182 valence electrons. The van der Waals surface area contributed by atoms with Crippen molar-refractivity contribution in [2.45, 2.75) is 52.1 Å². The largest absolute Gasteiger partial charge is 0.491 e. The molecule has 2 amide bonds. The Hall–Kier alpha value is -2.93. The van der Waals surface area contributed by atoms with Crippen LogP contribution in [0.25, 0.3) is 0 Å². The summed E-state index contributed by atoms with van der Waals surface area (Å²) >= 11 is 0. The third-order valence-electron chi connectivity index (χ3n) is 7.14. The van der Waals surface area contributed by atoms with Crippen molar-refractivity contribution in [3.63, 3.8) is 0 Å². The fraction of sp³-hybridized carbons (Fsp3) is 0.519. The Kier molecular flexibility index (Phi) is 8.16. The van der Waals surface area contributed by atoms with Crippen molar-refractivity contribution >= 4 is 11.8 Å². The van der Waals surface area contributed by atoms with Gasteiger partial charge in [0.2, 0.25) is 5.91 Å². The lowest BCUT2D eigenvalue weighted by molar-refractivity contribution is -0.130. The number of carbonyl (C=O) groups excluding carboxylic acids is 2. The molecule has 2 aliphatic rings. The van der Waals surface area contributed by atoms with E-state index in [0.717, 1.165) is 51.9 Å². The van der Waals surface area contributed by atoms with E-state index in [1.165, 1.54) is 11.1 Å². The van der Waals surface area contributed by atoms with Gasteiger partial charge >= 0.3 is 0 Å². The number of nitrogens with one attached hydrogen (secondary N) is 1. The molecule has 7 nitrogen and oxygen atoms in total. The van der Waals surface area contributed by atoms with Gasteiger partial charge in [-0.2, -0.15) is 0 Å². The Morgan fingerprint density at radius 3 is 2.82 bits per heavy atom. The highest BCUT2D eigenvalue weighted by molar-refractivity contribution is 5.97. The molecule has 0 unspecified atom stereocenters. The van der Waals surface area contributed by atoms with Crippen LogP contribution < -0.4 is 10.1 Å². The molecule has 0 saturated carbocycles. The molecule has 1 fully saturated rings. The van der Waals surface area contributed by atoms with Gasteiger partial charge in [-0.1, -0.05) is 18.6 Å². The monoisotopic (exact) mass is 464 g/mol. The second-order valence-corrected chi connectivity index (χ2v) is 9.51. The van der Waals surface area contributed by atoms with Gasteiger partial charge in [-0.3, -0.25) is 19.5 Å². The van der Waals surface area contributed by atoms with Gasteiger partial charge in [0.15, 0.2) is 0 Å². The SMILES string of the molecule is CC(=O)N1CC[C@H]2CCCCN(Cc3ccncc3C)CCOc3ccccc3C(=O)N[C@H]2C1. The summed E-state index contributed by atoms with van der Waals surface area (Å²) in [6.07, 6.45) is 7.93. The number of para-hydroxylation sites is 1. The van der Waals surface area contributed by atoms with Crippen molar-refractivity contribution in [3.8, 4) is 5.75 Å². The molecule has 1 aromatic heterocycles. The number of benzene rings is 1. The molecule has 0 spiro atoms. The predicted molar refractivity (Wildman–Crippen MR) is 132 cm³/mol. The van der Waals surface area contributed by atoms with Crippen molar-refractivity contribution in [2.24, 2.45) is 5.92 Å². The number of nitrogens with zero attached hydrogens (tertiary/aromatic N) is 3. The summed E-state index contributed by atoms with van der Waals surface area (Å²) in [4.78, 5) is 33.8. The number of carbonyl (C=O) groups is 2. The zero-order valence-corrected chi connectivity index (χ0v) is 20.3. The lowest BCUT2D eigenvalue weighted by Crippen LogP contribution is -2.53. The third-order valence-corrected chi connectivity index (χ3v) is 7.14. The number of ether oxygens (including phenoxy) is 1. The van der Waals surface area contributed by atoms with Crippen LogP contribution in [0, 0.1) is 12.8 Å². The van der Waals surface area contributed by atoms with E-state index in [2.05, 4.69) is 28.2 Å². The van der Waals surface area contributed by atoms with E-state index in [1.807, 2.05) is 41.6 Å². The van der Waals surface area contributed by atoms with Crippen molar-refractivity contribution in [1.82, 2.24) is 20.1 Å². The van der Waals surface area contributed by atoms with Crippen LogP contribution in [0.4, 0.5) is 0 Å². The Labute approximate surface area is 202 Å². The van der Waals surface area contributed by atoms with Gasteiger partial charge in [-0.15, -0.1) is 0 Å². The Balaban J connectivity index is 1.53. The van der Waals surface area contributed by atoms with Crippen LogP contribution in [0.5, 0.6) is 5.75 Å². The number of hydrogen-bond acceptors (Lipinski definition) is 5. The van der Waals surface area contributed by atoms with Gasteiger partial charge in [-0.05, 0) is 68.0 Å². The van der Waals surface area contributed by atoms with Gasteiger partial charge in [-0.25, -0.2) is 0 Å². The second kappa shape index (κ2) is 11.5. The van der Waals surface area contributed by atoms with Gasteiger partial charge < -0.3 is 15.0 Å². The van der Waals surface area contributed by atoms with Crippen molar-refractivity contribution in [2.75, 3.05) is 32.8 Å². The van der Waals surface area contributed by atoms with E-state index in [9.17, 15) is 9.59 Å². The summed E-state index contributed by atoms with van der Waals surface area (Å²) in [6.45, 7) is 8.20. The summed E-state index contributed by atoms with van der Waals surface area (Å²) in [5.41, 5.74) is 3.03. The van der Waals surface area contributed by atoms with E-state index in [0.29, 0.717) is 30.4 Å². The number of aryl methyl sites for hydroxylation is 1. The Morgan fingerprint density at radius 2 is 2.00 bits per heavy atom. The van der Waals surface area contributed by atoms with E-state index < -0.39 is 0 Å². The molecule has 34 heavy (non-hydrogen) atoms. The summed E-state index contributed by atoms with van der Waals surface area (Å²) in [6, 6.07) is 9.48. The zero-order valence-electron chi connectivity index (χ0n) is 20.3. The molecule has 0 aliphatic carbocycles. The molecular weight excluding hydrogens is 428 g/mol. The molecule has 4 rings (SSSR count). The van der Waals surface area contributed by atoms with Gasteiger partial charge in [0.25, 0.3) is 5.91 Å². The predicted octanol–water partition coefficient (Wildman–Crippen LogP) is 3.42.